The molecule has 0 saturated heterocycles. The molecule has 7 heteroatoms. The summed E-state index contributed by atoms with van der Waals surface area (Å²) in [6.07, 6.45) is 3.23. The lowest BCUT2D eigenvalue weighted by Gasteiger charge is -2.10. The predicted octanol–water partition coefficient (Wildman–Crippen LogP) is 2.99. The van der Waals surface area contributed by atoms with Gasteiger partial charge in [0, 0.05) is 11.3 Å². The van der Waals surface area contributed by atoms with E-state index in [9.17, 15) is 13.2 Å². The Balaban J connectivity index is 1.87. The van der Waals surface area contributed by atoms with Crippen LogP contribution in [-0.4, -0.2) is 21.4 Å². The molecular weight excluding hydrogens is 348 g/mol. The molecule has 0 atom stereocenters. The largest absolute Gasteiger partial charge is 0.322 e. The van der Waals surface area contributed by atoms with Crippen LogP contribution in [-0.2, 0) is 22.9 Å². The van der Waals surface area contributed by atoms with Crippen LogP contribution >= 0.6 is 11.6 Å². The zero-order valence-corrected chi connectivity index (χ0v) is 14.7. The molecule has 5 nitrogen and oxygen atoms in total. The third-order valence-corrected chi connectivity index (χ3v) is 6.00. The number of sulfonamides is 1. The Morgan fingerprint density at radius 3 is 2.58 bits per heavy atom. The molecule has 2 N–H and O–H groups in total. The highest BCUT2D eigenvalue weighted by molar-refractivity contribution is 7.89. The zero-order chi connectivity index (χ0) is 17.3. The number of aryl methyl sites for hydroxylation is 2. The summed E-state index contributed by atoms with van der Waals surface area (Å²) in [6, 6.07) is 10.0. The van der Waals surface area contributed by atoms with Crippen molar-refractivity contribution in [2.75, 3.05) is 12.4 Å². The molecule has 2 aromatic carbocycles. The maximum atomic E-state index is 12.4. The number of halogens is 1. The number of carbonyl (C=O) groups is 1. The summed E-state index contributed by atoms with van der Waals surface area (Å²) >= 11 is 5.94. The average molecular weight is 365 g/mol. The second kappa shape index (κ2) is 6.55. The number of nitrogens with one attached hydrogen (secondary N) is 2. The number of hydrogen-bond donors (Lipinski definition) is 2. The number of rotatable bonds is 4. The first-order chi connectivity index (χ1) is 11.4. The van der Waals surface area contributed by atoms with Crippen molar-refractivity contribution >= 4 is 33.2 Å². The smallest absolute Gasteiger partial charge is 0.255 e. The summed E-state index contributed by atoms with van der Waals surface area (Å²) in [5.74, 6) is -0.378. The van der Waals surface area contributed by atoms with Crippen molar-refractivity contribution in [2.45, 2.75) is 24.2 Å². The molecule has 3 rings (SSSR count). The molecule has 0 unspecified atom stereocenters. The maximum absolute atomic E-state index is 12.4. The second-order valence-electron chi connectivity index (χ2n) is 5.64. The number of hydrogen-bond acceptors (Lipinski definition) is 3. The lowest BCUT2D eigenvalue weighted by molar-refractivity contribution is 0.102. The Hall–Kier alpha value is -1.89. The Labute approximate surface area is 146 Å². The molecule has 0 bridgehead atoms. The highest BCUT2D eigenvalue weighted by atomic mass is 35.5. The van der Waals surface area contributed by atoms with Crippen LogP contribution in [0.15, 0.2) is 41.3 Å². The topological polar surface area (TPSA) is 75.3 Å². The summed E-state index contributed by atoms with van der Waals surface area (Å²) in [4.78, 5) is 12.3. The van der Waals surface area contributed by atoms with E-state index >= 15 is 0 Å². The number of anilines is 1. The molecule has 126 valence electrons. The molecule has 0 aromatic heterocycles. The third-order valence-electron chi connectivity index (χ3n) is 4.11. The van der Waals surface area contributed by atoms with Crippen LogP contribution in [0.5, 0.6) is 0 Å². The third kappa shape index (κ3) is 3.31. The van der Waals surface area contributed by atoms with Crippen molar-refractivity contribution in [1.29, 1.82) is 0 Å². The van der Waals surface area contributed by atoms with Gasteiger partial charge < -0.3 is 5.32 Å². The van der Waals surface area contributed by atoms with Crippen LogP contribution < -0.4 is 10.0 Å². The normalized spacial score (nSPS) is 13.6. The molecule has 1 aliphatic rings. The number of benzene rings is 2. The number of carbonyl (C=O) groups excluding carboxylic acids is 1. The zero-order valence-electron chi connectivity index (χ0n) is 13.1. The van der Waals surface area contributed by atoms with E-state index in [1.807, 2.05) is 18.2 Å². The first-order valence-electron chi connectivity index (χ1n) is 7.57. The van der Waals surface area contributed by atoms with Gasteiger partial charge in [-0.2, -0.15) is 0 Å². The Morgan fingerprint density at radius 2 is 1.83 bits per heavy atom. The van der Waals surface area contributed by atoms with Crippen molar-refractivity contribution in [1.82, 2.24) is 4.72 Å². The van der Waals surface area contributed by atoms with E-state index in [0.717, 1.165) is 19.3 Å². The molecule has 1 aliphatic carbocycles. The molecule has 24 heavy (non-hydrogen) atoms. The second-order valence-corrected chi connectivity index (χ2v) is 7.91. The van der Waals surface area contributed by atoms with Crippen molar-refractivity contribution in [3.8, 4) is 0 Å². The van der Waals surface area contributed by atoms with Gasteiger partial charge in [-0.15, -0.1) is 0 Å². The van der Waals surface area contributed by atoms with Gasteiger partial charge in [-0.25, -0.2) is 13.1 Å². The molecule has 2 aromatic rings. The molecule has 0 radical (unpaired) electrons. The fourth-order valence-electron chi connectivity index (χ4n) is 2.81. The van der Waals surface area contributed by atoms with Gasteiger partial charge in [-0.1, -0.05) is 17.7 Å². The minimum absolute atomic E-state index is 0.0680. The van der Waals surface area contributed by atoms with Crippen LogP contribution in [0.25, 0.3) is 0 Å². The van der Waals surface area contributed by atoms with E-state index < -0.39 is 10.0 Å². The van der Waals surface area contributed by atoms with Crippen LogP contribution in [0, 0.1) is 0 Å². The fraction of sp³-hybridized carbons (Fsp3) is 0.235. The summed E-state index contributed by atoms with van der Waals surface area (Å²) in [6.45, 7) is 0. The van der Waals surface area contributed by atoms with Gasteiger partial charge in [-0.3, -0.25) is 4.79 Å². The molecule has 0 spiro atoms. The summed E-state index contributed by atoms with van der Waals surface area (Å²) < 4.78 is 26.1. The van der Waals surface area contributed by atoms with Crippen LogP contribution in [0.2, 0.25) is 5.02 Å². The summed E-state index contributed by atoms with van der Waals surface area (Å²) in [7, 11) is -2.43. The van der Waals surface area contributed by atoms with Gasteiger partial charge in [0.1, 0.15) is 4.90 Å². The van der Waals surface area contributed by atoms with E-state index in [1.165, 1.54) is 36.4 Å². The standard InChI is InChI=1S/C17H17ClN2O3S/c1-19-24(22,23)16-10-13(6-8-15(16)18)17(21)20-14-7-5-11-3-2-4-12(11)9-14/h5-10,19H,2-4H2,1H3,(H,20,21). The summed E-state index contributed by atoms with van der Waals surface area (Å²) in [5.41, 5.74) is 3.51. The van der Waals surface area contributed by atoms with Crippen molar-refractivity contribution in [3.63, 3.8) is 0 Å². The maximum Gasteiger partial charge on any atom is 0.255 e. The molecule has 0 fully saturated rings. The van der Waals surface area contributed by atoms with Crippen LogP contribution in [0.4, 0.5) is 5.69 Å². The van der Waals surface area contributed by atoms with E-state index in [0.29, 0.717) is 5.69 Å². The number of amides is 1. The van der Waals surface area contributed by atoms with Gasteiger partial charge >= 0.3 is 0 Å². The average Bonchev–Trinajstić information content (AvgIpc) is 3.02. The molecular formula is C17H17ClN2O3S. The first-order valence-corrected chi connectivity index (χ1v) is 9.43. The quantitative estimate of drug-likeness (QED) is 0.875. The van der Waals surface area contributed by atoms with Gasteiger partial charge in [0.2, 0.25) is 10.0 Å². The van der Waals surface area contributed by atoms with Gasteiger partial charge in [0.25, 0.3) is 5.91 Å². The van der Waals surface area contributed by atoms with Crippen molar-refractivity contribution < 1.29 is 13.2 Å². The molecule has 0 heterocycles. The highest BCUT2D eigenvalue weighted by Gasteiger charge is 2.19. The molecule has 0 aliphatic heterocycles. The van der Waals surface area contributed by atoms with Gasteiger partial charge in [-0.05, 0) is 67.8 Å². The van der Waals surface area contributed by atoms with Crippen molar-refractivity contribution in [2.24, 2.45) is 0 Å². The Kier molecular flexibility index (Phi) is 4.62. The van der Waals surface area contributed by atoms with E-state index in [2.05, 4.69) is 10.0 Å². The van der Waals surface area contributed by atoms with Crippen LogP contribution in [0.1, 0.15) is 27.9 Å². The Morgan fingerprint density at radius 1 is 1.08 bits per heavy atom. The molecule has 1 amide bonds. The van der Waals surface area contributed by atoms with Crippen molar-refractivity contribution in [3.05, 3.63) is 58.1 Å². The van der Waals surface area contributed by atoms with Gasteiger partial charge in [0.15, 0.2) is 0 Å². The fourth-order valence-corrected chi connectivity index (χ4v) is 4.06. The SMILES string of the molecule is CNS(=O)(=O)c1cc(C(=O)Nc2ccc3c(c2)CCC3)ccc1Cl. The summed E-state index contributed by atoms with van der Waals surface area (Å²) in [5, 5.41) is 2.87. The van der Waals surface area contributed by atoms with E-state index in [1.54, 1.807) is 0 Å². The lowest BCUT2D eigenvalue weighted by Crippen LogP contribution is -2.20. The Bertz CT molecular complexity index is 910. The predicted molar refractivity (Wildman–Crippen MR) is 94.1 cm³/mol. The highest BCUT2D eigenvalue weighted by Crippen LogP contribution is 2.26. The minimum Gasteiger partial charge on any atom is -0.322 e. The first kappa shape index (κ1) is 17.0. The van der Waals surface area contributed by atoms with E-state index in [4.69, 9.17) is 11.6 Å². The monoisotopic (exact) mass is 364 g/mol. The minimum atomic E-state index is -3.73. The molecule has 0 saturated carbocycles. The van der Waals surface area contributed by atoms with E-state index in [-0.39, 0.29) is 21.4 Å². The van der Waals surface area contributed by atoms with Gasteiger partial charge in [0.05, 0.1) is 5.02 Å². The number of fused-ring (bicyclic) bond motifs is 1. The lowest BCUT2D eigenvalue weighted by atomic mass is 10.1. The van der Waals surface area contributed by atoms with Crippen LogP contribution in [0.3, 0.4) is 0 Å².